The second-order valence-electron chi connectivity index (χ2n) is 5.96. The number of nitrogens with zero attached hydrogens (tertiary/aromatic N) is 4. The number of nitrogens with one attached hydrogen (secondary N) is 1. The Morgan fingerprint density at radius 1 is 0.963 bits per heavy atom. The number of ether oxygens (including phenoxy) is 2. The van der Waals surface area contributed by atoms with E-state index in [1.54, 1.807) is 32.8 Å². The molecule has 1 aromatic carbocycles. The van der Waals surface area contributed by atoms with Gasteiger partial charge < -0.3 is 19.7 Å². The van der Waals surface area contributed by atoms with Crippen LogP contribution in [0.1, 0.15) is 5.56 Å². The van der Waals surface area contributed by atoms with Crippen LogP contribution in [0.25, 0.3) is 0 Å². The van der Waals surface area contributed by atoms with Crippen LogP contribution in [0.2, 0.25) is 0 Å². The second kappa shape index (κ2) is 8.84. The number of aromatic nitrogens is 3. The number of likely N-dealkylation sites (N-methyl/N-ethyl adjacent to an activating group) is 1. The standard InChI is InChI=1S/C20H23N5O2/c1-25(13-9-15-6-10-21-11-7-15)20-22-12-8-19(24-20)23-16-4-5-17(26-2)18(14-16)27-3/h4-8,10-12,14H,9,13H2,1-3H3,(H,22,23,24). The van der Waals surface area contributed by atoms with Crippen molar-refractivity contribution in [3.05, 3.63) is 60.6 Å². The fraction of sp³-hybridized carbons (Fsp3) is 0.250. The first-order chi connectivity index (χ1) is 13.2. The van der Waals surface area contributed by atoms with Crippen LogP contribution in [-0.4, -0.2) is 42.8 Å². The first kappa shape index (κ1) is 18.4. The number of anilines is 3. The second-order valence-corrected chi connectivity index (χ2v) is 5.96. The molecular weight excluding hydrogens is 342 g/mol. The number of hydrogen-bond acceptors (Lipinski definition) is 7. The van der Waals surface area contributed by atoms with E-state index < -0.39 is 0 Å². The van der Waals surface area contributed by atoms with Crippen LogP contribution in [0.5, 0.6) is 11.5 Å². The largest absolute Gasteiger partial charge is 0.493 e. The molecule has 0 aliphatic heterocycles. The smallest absolute Gasteiger partial charge is 0.227 e. The van der Waals surface area contributed by atoms with Crippen molar-refractivity contribution in [2.75, 3.05) is 38.0 Å². The zero-order valence-corrected chi connectivity index (χ0v) is 15.7. The lowest BCUT2D eigenvalue weighted by Gasteiger charge is -2.18. The number of methoxy groups -OCH3 is 2. The summed E-state index contributed by atoms with van der Waals surface area (Å²) in [6.07, 6.45) is 6.25. The van der Waals surface area contributed by atoms with Gasteiger partial charge in [-0.15, -0.1) is 0 Å². The van der Waals surface area contributed by atoms with Crippen LogP contribution >= 0.6 is 0 Å². The molecule has 0 aliphatic rings. The molecule has 2 heterocycles. The summed E-state index contributed by atoms with van der Waals surface area (Å²) < 4.78 is 10.6. The number of pyridine rings is 1. The number of rotatable bonds is 8. The van der Waals surface area contributed by atoms with E-state index in [4.69, 9.17) is 9.47 Å². The van der Waals surface area contributed by atoms with Crippen molar-refractivity contribution in [2.24, 2.45) is 0 Å². The van der Waals surface area contributed by atoms with Crippen molar-refractivity contribution >= 4 is 17.5 Å². The van der Waals surface area contributed by atoms with Crippen LogP contribution in [0.3, 0.4) is 0 Å². The molecule has 0 unspecified atom stereocenters. The molecule has 0 saturated heterocycles. The summed E-state index contributed by atoms with van der Waals surface area (Å²) in [5.41, 5.74) is 2.09. The summed E-state index contributed by atoms with van der Waals surface area (Å²) in [5.74, 6) is 2.71. The summed E-state index contributed by atoms with van der Waals surface area (Å²) in [6.45, 7) is 0.809. The molecule has 0 atom stereocenters. The molecular formula is C20H23N5O2. The fourth-order valence-electron chi connectivity index (χ4n) is 2.61. The molecule has 1 N–H and O–H groups in total. The van der Waals surface area contributed by atoms with Gasteiger partial charge in [0.15, 0.2) is 11.5 Å². The van der Waals surface area contributed by atoms with E-state index in [2.05, 4.69) is 20.3 Å². The van der Waals surface area contributed by atoms with Crippen LogP contribution < -0.4 is 19.7 Å². The molecule has 7 heteroatoms. The van der Waals surface area contributed by atoms with Crippen molar-refractivity contribution in [2.45, 2.75) is 6.42 Å². The molecule has 7 nitrogen and oxygen atoms in total. The topological polar surface area (TPSA) is 72.4 Å². The average molecular weight is 365 g/mol. The monoisotopic (exact) mass is 365 g/mol. The van der Waals surface area contributed by atoms with Gasteiger partial charge >= 0.3 is 0 Å². The molecule has 0 bridgehead atoms. The SMILES string of the molecule is COc1ccc(Nc2ccnc(N(C)CCc3ccncc3)n2)cc1OC. The van der Waals surface area contributed by atoms with Gasteiger partial charge in [-0.1, -0.05) is 0 Å². The van der Waals surface area contributed by atoms with Crippen LogP contribution in [-0.2, 0) is 6.42 Å². The van der Waals surface area contributed by atoms with E-state index in [0.29, 0.717) is 23.3 Å². The van der Waals surface area contributed by atoms with E-state index in [-0.39, 0.29) is 0 Å². The van der Waals surface area contributed by atoms with E-state index in [1.165, 1.54) is 5.56 Å². The maximum absolute atomic E-state index is 5.34. The van der Waals surface area contributed by atoms with Gasteiger partial charge in [-0.3, -0.25) is 4.98 Å². The Kier molecular flexibility index (Phi) is 6.04. The Hall–Kier alpha value is -3.35. The van der Waals surface area contributed by atoms with Gasteiger partial charge in [0.05, 0.1) is 14.2 Å². The minimum Gasteiger partial charge on any atom is -0.493 e. The molecule has 27 heavy (non-hydrogen) atoms. The maximum atomic E-state index is 5.34. The number of benzene rings is 1. The molecule has 0 saturated carbocycles. The minimum absolute atomic E-state index is 0.659. The predicted octanol–water partition coefficient (Wildman–Crippen LogP) is 3.31. The Bertz CT molecular complexity index is 873. The average Bonchev–Trinajstić information content (AvgIpc) is 2.73. The fourth-order valence-corrected chi connectivity index (χ4v) is 2.61. The third kappa shape index (κ3) is 4.84. The maximum Gasteiger partial charge on any atom is 0.227 e. The van der Waals surface area contributed by atoms with Crippen LogP contribution in [0, 0.1) is 0 Å². The van der Waals surface area contributed by atoms with E-state index >= 15 is 0 Å². The Labute approximate surface area is 159 Å². The van der Waals surface area contributed by atoms with Gasteiger partial charge in [0.25, 0.3) is 0 Å². The van der Waals surface area contributed by atoms with Gasteiger partial charge in [-0.05, 0) is 42.3 Å². The van der Waals surface area contributed by atoms with Gasteiger partial charge in [0.1, 0.15) is 5.82 Å². The molecule has 0 amide bonds. The lowest BCUT2D eigenvalue weighted by atomic mass is 10.2. The molecule has 0 aliphatic carbocycles. The van der Waals surface area contributed by atoms with Gasteiger partial charge in [-0.2, -0.15) is 4.98 Å². The van der Waals surface area contributed by atoms with Crippen LogP contribution in [0.4, 0.5) is 17.5 Å². The van der Waals surface area contributed by atoms with Gasteiger partial charge in [0.2, 0.25) is 5.95 Å². The van der Waals surface area contributed by atoms with Crippen LogP contribution in [0.15, 0.2) is 55.0 Å². The van der Waals surface area contributed by atoms with E-state index in [0.717, 1.165) is 18.7 Å². The van der Waals surface area contributed by atoms with Crippen molar-refractivity contribution in [1.29, 1.82) is 0 Å². The summed E-state index contributed by atoms with van der Waals surface area (Å²) in [4.78, 5) is 15.0. The lowest BCUT2D eigenvalue weighted by Crippen LogP contribution is -2.22. The first-order valence-corrected chi connectivity index (χ1v) is 8.61. The van der Waals surface area contributed by atoms with E-state index in [1.807, 2.05) is 48.3 Å². The molecule has 2 aromatic heterocycles. The Morgan fingerprint density at radius 2 is 1.74 bits per heavy atom. The Morgan fingerprint density at radius 3 is 2.48 bits per heavy atom. The normalized spacial score (nSPS) is 10.3. The quantitative estimate of drug-likeness (QED) is 0.656. The van der Waals surface area contributed by atoms with E-state index in [9.17, 15) is 0 Å². The molecule has 140 valence electrons. The Balaban J connectivity index is 1.68. The van der Waals surface area contributed by atoms with Crippen molar-refractivity contribution in [3.8, 4) is 11.5 Å². The minimum atomic E-state index is 0.659. The molecule has 0 radical (unpaired) electrons. The molecule has 3 aromatic rings. The number of hydrogen-bond donors (Lipinski definition) is 1. The summed E-state index contributed by atoms with van der Waals surface area (Å²) in [6, 6.07) is 11.5. The summed E-state index contributed by atoms with van der Waals surface area (Å²) in [7, 11) is 5.21. The highest BCUT2D eigenvalue weighted by Gasteiger charge is 2.08. The molecule has 0 spiro atoms. The summed E-state index contributed by atoms with van der Waals surface area (Å²) in [5, 5.41) is 3.28. The van der Waals surface area contributed by atoms with Crippen molar-refractivity contribution in [1.82, 2.24) is 15.0 Å². The first-order valence-electron chi connectivity index (χ1n) is 8.61. The predicted molar refractivity (Wildman–Crippen MR) is 106 cm³/mol. The van der Waals surface area contributed by atoms with Gasteiger partial charge in [-0.25, -0.2) is 4.98 Å². The van der Waals surface area contributed by atoms with Gasteiger partial charge in [0, 0.05) is 43.9 Å². The highest BCUT2D eigenvalue weighted by Crippen LogP contribution is 2.30. The highest BCUT2D eigenvalue weighted by molar-refractivity contribution is 5.61. The zero-order chi connectivity index (χ0) is 19.1. The van der Waals surface area contributed by atoms with Crippen molar-refractivity contribution in [3.63, 3.8) is 0 Å². The van der Waals surface area contributed by atoms with Crippen molar-refractivity contribution < 1.29 is 9.47 Å². The summed E-state index contributed by atoms with van der Waals surface area (Å²) >= 11 is 0. The molecule has 0 fully saturated rings. The third-order valence-electron chi connectivity index (χ3n) is 4.13. The third-order valence-corrected chi connectivity index (χ3v) is 4.13. The highest BCUT2D eigenvalue weighted by atomic mass is 16.5. The molecule has 3 rings (SSSR count). The zero-order valence-electron chi connectivity index (χ0n) is 15.7. The lowest BCUT2D eigenvalue weighted by molar-refractivity contribution is 0.355.